The molecule has 7 heteroatoms. The fraction of sp³-hybridized carbons (Fsp3) is 0.381. The number of piperidine rings is 1. The fourth-order valence-electron chi connectivity index (χ4n) is 3.16. The Kier molecular flexibility index (Phi) is 9.24. The number of sulfone groups is 1. The molecular formula is C21H28IN3O2S. The van der Waals surface area contributed by atoms with Gasteiger partial charge in [0.1, 0.15) is 0 Å². The molecule has 1 saturated heterocycles. The van der Waals surface area contributed by atoms with E-state index in [0.717, 1.165) is 37.6 Å². The third kappa shape index (κ3) is 6.77. The number of hydrogen-bond acceptors (Lipinski definition) is 3. The summed E-state index contributed by atoms with van der Waals surface area (Å²) >= 11 is 0. The first kappa shape index (κ1) is 22.7. The first-order valence-electron chi connectivity index (χ1n) is 9.54. The Morgan fingerprint density at radius 3 is 2.18 bits per heavy atom. The van der Waals surface area contributed by atoms with Gasteiger partial charge in [-0.3, -0.25) is 4.99 Å². The van der Waals surface area contributed by atoms with Crippen LogP contribution in [0.4, 0.5) is 5.69 Å². The van der Waals surface area contributed by atoms with Crippen LogP contribution >= 0.6 is 24.0 Å². The number of benzene rings is 2. The second kappa shape index (κ2) is 11.4. The van der Waals surface area contributed by atoms with Crippen LogP contribution in [-0.2, 0) is 9.84 Å². The van der Waals surface area contributed by atoms with Crippen molar-refractivity contribution in [3.8, 4) is 0 Å². The van der Waals surface area contributed by atoms with Gasteiger partial charge >= 0.3 is 0 Å². The molecule has 3 rings (SSSR count). The molecule has 2 aromatic rings. The van der Waals surface area contributed by atoms with Gasteiger partial charge in [0.25, 0.3) is 0 Å². The van der Waals surface area contributed by atoms with Crippen molar-refractivity contribution >= 4 is 45.5 Å². The highest BCUT2D eigenvalue weighted by atomic mass is 127. The summed E-state index contributed by atoms with van der Waals surface area (Å²) < 4.78 is 24.8. The number of aliphatic imine (C=N–C) groups is 1. The molecule has 0 saturated carbocycles. The number of para-hydroxylation sites is 1. The van der Waals surface area contributed by atoms with E-state index in [4.69, 9.17) is 4.99 Å². The summed E-state index contributed by atoms with van der Waals surface area (Å²) in [6.45, 7) is 2.46. The average Bonchev–Trinajstić information content (AvgIpc) is 2.72. The van der Waals surface area contributed by atoms with Crippen LogP contribution in [0.25, 0.3) is 0 Å². The molecule has 1 aliphatic rings. The second-order valence-corrected chi connectivity index (χ2v) is 8.84. The largest absolute Gasteiger partial charge is 0.343 e. The molecule has 2 aromatic carbocycles. The van der Waals surface area contributed by atoms with Gasteiger partial charge in [0.15, 0.2) is 15.8 Å². The third-order valence-corrected chi connectivity index (χ3v) is 6.44. The molecule has 0 aromatic heterocycles. The van der Waals surface area contributed by atoms with Gasteiger partial charge in [-0.05, 0) is 49.9 Å². The smallest absolute Gasteiger partial charge is 0.198 e. The minimum Gasteiger partial charge on any atom is -0.343 e. The van der Waals surface area contributed by atoms with E-state index in [0.29, 0.717) is 17.9 Å². The van der Waals surface area contributed by atoms with E-state index < -0.39 is 9.84 Å². The summed E-state index contributed by atoms with van der Waals surface area (Å²) in [6, 6.07) is 18.6. The quantitative estimate of drug-likeness (QED) is 0.269. The zero-order valence-electron chi connectivity index (χ0n) is 16.0. The summed E-state index contributed by atoms with van der Waals surface area (Å²) in [6.07, 6.45) is 4.09. The highest BCUT2D eigenvalue weighted by molar-refractivity contribution is 14.0. The van der Waals surface area contributed by atoms with Gasteiger partial charge in [0.2, 0.25) is 0 Å². The van der Waals surface area contributed by atoms with E-state index >= 15 is 0 Å². The van der Waals surface area contributed by atoms with Crippen molar-refractivity contribution in [3.63, 3.8) is 0 Å². The molecule has 1 aliphatic heterocycles. The zero-order valence-corrected chi connectivity index (χ0v) is 19.1. The van der Waals surface area contributed by atoms with Gasteiger partial charge in [0, 0.05) is 25.3 Å². The first-order chi connectivity index (χ1) is 13.1. The summed E-state index contributed by atoms with van der Waals surface area (Å²) in [5, 5.41) is 3.40. The number of guanidine groups is 1. The lowest BCUT2D eigenvalue weighted by Gasteiger charge is -2.30. The number of hydrogen-bond donors (Lipinski definition) is 1. The molecule has 28 heavy (non-hydrogen) atoms. The van der Waals surface area contributed by atoms with Crippen LogP contribution in [0.15, 0.2) is 70.6 Å². The monoisotopic (exact) mass is 513 g/mol. The molecule has 1 N–H and O–H groups in total. The molecule has 0 spiro atoms. The SMILES string of the molecule is I.O=S(=O)(CCCN=C(Nc1ccccc1)N1CCCCC1)c1ccccc1. The van der Waals surface area contributed by atoms with Crippen LogP contribution in [0.3, 0.4) is 0 Å². The van der Waals surface area contributed by atoms with Gasteiger partial charge in [-0.2, -0.15) is 0 Å². The number of likely N-dealkylation sites (tertiary alicyclic amines) is 1. The van der Waals surface area contributed by atoms with E-state index in [1.54, 1.807) is 24.3 Å². The predicted octanol–water partition coefficient (Wildman–Crippen LogP) is 4.42. The lowest BCUT2D eigenvalue weighted by molar-refractivity contribution is 0.340. The Hall–Kier alpha value is -1.61. The Balaban J connectivity index is 0.00000280. The third-order valence-electron chi connectivity index (χ3n) is 4.62. The summed E-state index contributed by atoms with van der Waals surface area (Å²) in [5.74, 6) is 0.956. The Morgan fingerprint density at radius 2 is 1.54 bits per heavy atom. The van der Waals surface area contributed by atoms with Crippen molar-refractivity contribution in [2.24, 2.45) is 4.99 Å². The molecule has 1 fully saturated rings. The maximum Gasteiger partial charge on any atom is 0.198 e. The summed E-state index contributed by atoms with van der Waals surface area (Å²) in [5.41, 5.74) is 0.999. The van der Waals surface area contributed by atoms with Crippen LogP contribution in [0.1, 0.15) is 25.7 Å². The van der Waals surface area contributed by atoms with E-state index in [1.165, 1.54) is 6.42 Å². The highest BCUT2D eigenvalue weighted by Crippen LogP contribution is 2.14. The van der Waals surface area contributed by atoms with Crippen molar-refractivity contribution in [1.29, 1.82) is 0 Å². The number of nitrogens with one attached hydrogen (secondary N) is 1. The Morgan fingerprint density at radius 1 is 0.929 bits per heavy atom. The lowest BCUT2D eigenvalue weighted by atomic mass is 10.1. The van der Waals surface area contributed by atoms with Crippen LogP contribution < -0.4 is 5.32 Å². The van der Waals surface area contributed by atoms with Crippen LogP contribution in [-0.4, -0.2) is 44.7 Å². The number of halogens is 1. The number of rotatable bonds is 6. The van der Waals surface area contributed by atoms with E-state index in [1.807, 2.05) is 36.4 Å². The number of anilines is 1. The van der Waals surface area contributed by atoms with E-state index in [2.05, 4.69) is 10.2 Å². The molecule has 0 aliphatic carbocycles. The second-order valence-electron chi connectivity index (χ2n) is 6.73. The number of nitrogens with zero attached hydrogens (tertiary/aromatic N) is 2. The zero-order chi connectivity index (χ0) is 19.0. The molecule has 1 heterocycles. The molecule has 0 radical (unpaired) electrons. The van der Waals surface area contributed by atoms with Crippen molar-refractivity contribution in [2.75, 3.05) is 30.7 Å². The maximum atomic E-state index is 12.4. The fourth-order valence-corrected chi connectivity index (χ4v) is 4.48. The summed E-state index contributed by atoms with van der Waals surface area (Å²) in [4.78, 5) is 7.35. The van der Waals surface area contributed by atoms with Gasteiger partial charge in [-0.1, -0.05) is 36.4 Å². The van der Waals surface area contributed by atoms with E-state index in [9.17, 15) is 8.42 Å². The van der Waals surface area contributed by atoms with Gasteiger partial charge in [-0.15, -0.1) is 24.0 Å². The minimum absolute atomic E-state index is 0. The van der Waals surface area contributed by atoms with Crippen molar-refractivity contribution < 1.29 is 8.42 Å². The van der Waals surface area contributed by atoms with E-state index in [-0.39, 0.29) is 29.7 Å². The highest BCUT2D eigenvalue weighted by Gasteiger charge is 2.16. The van der Waals surface area contributed by atoms with Crippen LogP contribution in [0, 0.1) is 0 Å². The molecule has 0 bridgehead atoms. The molecule has 0 unspecified atom stereocenters. The predicted molar refractivity (Wildman–Crippen MR) is 126 cm³/mol. The first-order valence-corrected chi connectivity index (χ1v) is 11.2. The molecule has 5 nitrogen and oxygen atoms in total. The molecular weight excluding hydrogens is 485 g/mol. The van der Waals surface area contributed by atoms with Crippen molar-refractivity contribution in [3.05, 3.63) is 60.7 Å². The minimum atomic E-state index is -3.25. The standard InChI is InChI=1S/C21H27N3O2S.HI/c25-27(26,20-13-6-2-7-14-20)18-10-15-22-21(24-16-8-3-9-17-24)23-19-11-4-1-5-12-19;/h1-2,4-7,11-14H,3,8-10,15-18H2,(H,22,23);1H. The lowest BCUT2D eigenvalue weighted by Crippen LogP contribution is -2.40. The summed E-state index contributed by atoms with van der Waals surface area (Å²) in [7, 11) is -3.25. The van der Waals surface area contributed by atoms with Gasteiger partial charge in [-0.25, -0.2) is 8.42 Å². The molecule has 0 amide bonds. The van der Waals surface area contributed by atoms with Crippen molar-refractivity contribution in [2.45, 2.75) is 30.6 Å². The van der Waals surface area contributed by atoms with Crippen molar-refractivity contribution in [1.82, 2.24) is 4.90 Å². The average molecular weight is 513 g/mol. The topological polar surface area (TPSA) is 61.8 Å². The van der Waals surface area contributed by atoms with Gasteiger partial charge < -0.3 is 10.2 Å². The molecule has 152 valence electrons. The van der Waals surface area contributed by atoms with Crippen LogP contribution in [0.2, 0.25) is 0 Å². The maximum absolute atomic E-state index is 12.4. The Labute approximate surface area is 185 Å². The Bertz CT molecular complexity index is 836. The van der Waals surface area contributed by atoms with Crippen LogP contribution in [0.5, 0.6) is 0 Å². The van der Waals surface area contributed by atoms with Gasteiger partial charge in [0.05, 0.1) is 10.6 Å². The normalized spacial score (nSPS) is 15.0. The molecule has 0 atom stereocenters.